The number of hydrogen-bond acceptors (Lipinski definition) is 2. The Labute approximate surface area is 130 Å². The van der Waals surface area contributed by atoms with E-state index in [1.54, 1.807) is 29.2 Å². The van der Waals surface area contributed by atoms with Gasteiger partial charge in [-0.1, -0.05) is 22.0 Å². The van der Waals surface area contributed by atoms with Crippen LogP contribution in [0.15, 0.2) is 46.9 Å². The van der Waals surface area contributed by atoms with Crippen molar-refractivity contribution >= 4 is 27.5 Å². The van der Waals surface area contributed by atoms with Crippen LogP contribution in [0.3, 0.4) is 0 Å². The summed E-state index contributed by atoms with van der Waals surface area (Å²) in [6.07, 6.45) is -0.335. The highest BCUT2D eigenvalue weighted by atomic mass is 79.9. The SMILES string of the molecule is O=C(c1cccc(Br)c1)N1CCC(O)c2cc(F)ccc21. The monoisotopic (exact) mass is 349 g/mol. The summed E-state index contributed by atoms with van der Waals surface area (Å²) in [6.45, 7) is 0.408. The summed E-state index contributed by atoms with van der Waals surface area (Å²) in [5.74, 6) is -0.569. The van der Waals surface area contributed by atoms with Crippen molar-refractivity contribution in [3.63, 3.8) is 0 Å². The molecular weight excluding hydrogens is 337 g/mol. The number of anilines is 1. The highest BCUT2D eigenvalue weighted by Crippen LogP contribution is 2.35. The molecule has 0 radical (unpaired) electrons. The highest BCUT2D eigenvalue weighted by Gasteiger charge is 2.28. The molecule has 0 aliphatic carbocycles. The molecule has 0 fully saturated rings. The molecule has 0 bridgehead atoms. The first-order valence-electron chi connectivity index (χ1n) is 6.61. The van der Waals surface area contributed by atoms with Gasteiger partial charge in [-0.2, -0.15) is 0 Å². The molecule has 0 saturated heterocycles. The molecule has 3 nitrogen and oxygen atoms in total. The van der Waals surface area contributed by atoms with Gasteiger partial charge in [-0.05, 0) is 42.8 Å². The van der Waals surface area contributed by atoms with Gasteiger partial charge in [-0.15, -0.1) is 0 Å². The molecule has 0 saturated carbocycles. The van der Waals surface area contributed by atoms with E-state index in [0.717, 1.165) is 4.47 Å². The van der Waals surface area contributed by atoms with Crippen LogP contribution in [0.5, 0.6) is 0 Å². The van der Waals surface area contributed by atoms with E-state index in [9.17, 15) is 14.3 Å². The van der Waals surface area contributed by atoms with Crippen LogP contribution in [-0.2, 0) is 0 Å². The van der Waals surface area contributed by atoms with E-state index in [-0.39, 0.29) is 5.91 Å². The van der Waals surface area contributed by atoms with Gasteiger partial charge in [0.15, 0.2) is 0 Å². The van der Waals surface area contributed by atoms with Gasteiger partial charge in [0.1, 0.15) is 5.82 Å². The Morgan fingerprint density at radius 2 is 2.10 bits per heavy atom. The van der Waals surface area contributed by atoms with Crippen LogP contribution in [0.2, 0.25) is 0 Å². The predicted molar refractivity (Wildman–Crippen MR) is 81.8 cm³/mol. The molecule has 2 aromatic carbocycles. The second kappa shape index (κ2) is 5.58. The van der Waals surface area contributed by atoms with Crippen molar-refractivity contribution < 1.29 is 14.3 Å². The summed E-state index contributed by atoms with van der Waals surface area (Å²) in [7, 11) is 0. The van der Waals surface area contributed by atoms with Crippen LogP contribution < -0.4 is 4.90 Å². The molecule has 1 N–H and O–H groups in total. The lowest BCUT2D eigenvalue weighted by molar-refractivity contribution is 0.0970. The number of fused-ring (bicyclic) bond motifs is 1. The number of hydrogen-bond donors (Lipinski definition) is 1. The van der Waals surface area contributed by atoms with Gasteiger partial charge in [-0.3, -0.25) is 4.79 Å². The molecular formula is C16H13BrFNO2. The van der Waals surface area contributed by atoms with E-state index < -0.39 is 11.9 Å². The number of amides is 1. The summed E-state index contributed by atoms with van der Waals surface area (Å²) in [4.78, 5) is 14.2. The predicted octanol–water partition coefficient (Wildman–Crippen LogP) is 3.67. The third kappa shape index (κ3) is 2.71. The number of aliphatic hydroxyl groups is 1. The Balaban J connectivity index is 2.01. The zero-order chi connectivity index (χ0) is 15.0. The fraction of sp³-hybridized carbons (Fsp3) is 0.188. The Morgan fingerprint density at radius 3 is 2.86 bits per heavy atom. The second-order valence-electron chi connectivity index (χ2n) is 4.97. The van der Waals surface area contributed by atoms with Crippen molar-refractivity contribution in [1.29, 1.82) is 0 Å². The Hall–Kier alpha value is -1.72. The van der Waals surface area contributed by atoms with Gasteiger partial charge >= 0.3 is 0 Å². The summed E-state index contributed by atoms with van der Waals surface area (Å²) >= 11 is 3.34. The lowest BCUT2D eigenvalue weighted by atomic mass is 9.98. The summed E-state index contributed by atoms with van der Waals surface area (Å²) < 4.78 is 14.2. The minimum absolute atomic E-state index is 0.156. The number of carbonyl (C=O) groups excluding carboxylic acids is 1. The molecule has 1 aliphatic heterocycles. The Kier molecular flexibility index (Phi) is 3.78. The van der Waals surface area contributed by atoms with Crippen molar-refractivity contribution in [1.82, 2.24) is 0 Å². The largest absolute Gasteiger partial charge is 0.388 e. The molecule has 0 aromatic heterocycles. The van der Waals surface area contributed by atoms with Crippen molar-refractivity contribution in [2.24, 2.45) is 0 Å². The van der Waals surface area contributed by atoms with Gasteiger partial charge in [-0.25, -0.2) is 4.39 Å². The van der Waals surface area contributed by atoms with Crippen molar-refractivity contribution in [3.05, 3.63) is 63.9 Å². The molecule has 2 aromatic rings. The molecule has 1 amide bonds. The third-order valence-electron chi connectivity index (χ3n) is 3.58. The number of rotatable bonds is 1. The summed E-state index contributed by atoms with van der Waals surface area (Å²) in [6, 6.07) is 11.3. The fourth-order valence-electron chi connectivity index (χ4n) is 2.55. The number of nitrogens with zero attached hydrogens (tertiary/aromatic N) is 1. The minimum atomic E-state index is -0.734. The van der Waals surface area contributed by atoms with Crippen LogP contribution in [0.1, 0.15) is 28.4 Å². The first kappa shape index (κ1) is 14.2. The molecule has 3 rings (SSSR count). The molecule has 1 aliphatic rings. The normalized spacial score (nSPS) is 17.5. The van der Waals surface area contributed by atoms with Crippen LogP contribution in [0.4, 0.5) is 10.1 Å². The number of halogens is 2. The van der Waals surface area contributed by atoms with Gasteiger partial charge < -0.3 is 10.0 Å². The van der Waals surface area contributed by atoms with Gasteiger partial charge in [0.05, 0.1) is 6.10 Å². The second-order valence-corrected chi connectivity index (χ2v) is 5.89. The topological polar surface area (TPSA) is 40.5 Å². The average Bonchev–Trinajstić information content (AvgIpc) is 2.47. The maximum absolute atomic E-state index is 13.4. The molecule has 1 heterocycles. The summed E-state index contributed by atoms with van der Waals surface area (Å²) in [5.41, 5.74) is 1.58. The minimum Gasteiger partial charge on any atom is -0.388 e. The zero-order valence-electron chi connectivity index (χ0n) is 11.1. The molecule has 1 atom stereocenters. The van der Waals surface area contributed by atoms with Crippen LogP contribution in [-0.4, -0.2) is 17.6 Å². The Morgan fingerprint density at radius 1 is 1.29 bits per heavy atom. The highest BCUT2D eigenvalue weighted by molar-refractivity contribution is 9.10. The van der Waals surface area contributed by atoms with Crippen molar-refractivity contribution in [2.75, 3.05) is 11.4 Å². The van der Waals surface area contributed by atoms with Gasteiger partial charge in [0, 0.05) is 27.8 Å². The number of benzene rings is 2. The first-order chi connectivity index (χ1) is 10.1. The Bertz CT molecular complexity index is 704. The smallest absolute Gasteiger partial charge is 0.258 e. The molecule has 0 spiro atoms. The maximum Gasteiger partial charge on any atom is 0.258 e. The van der Waals surface area contributed by atoms with Gasteiger partial charge in [0.2, 0.25) is 0 Å². The van der Waals surface area contributed by atoms with E-state index in [1.165, 1.54) is 12.1 Å². The van der Waals surface area contributed by atoms with E-state index in [4.69, 9.17) is 0 Å². The van der Waals surface area contributed by atoms with E-state index >= 15 is 0 Å². The van der Waals surface area contributed by atoms with Gasteiger partial charge in [0.25, 0.3) is 5.91 Å². The van der Waals surface area contributed by atoms with Crippen LogP contribution in [0, 0.1) is 5.82 Å². The van der Waals surface area contributed by atoms with Crippen LogP contribution >= 0.6 is 15.9 Å². The first-order valence-corrected chi connectivity index (χ1v) is 7.40. The van der Waals surface area contributed by atoms with Crippen molar-refractivity contribution in [2.45, 2.75) is 12.5 Å². The zero-order valence-corrected chi connectivity index (χ0v) is 12.7. The third-order valence-corrected chi connectivity index (χ3v) is 4.08. The lowest BCUT2D eigenvalue weighted by Gasteiger charge is -2.32. The summed E-state index contributed by atoms with van der Waals surface area (Å²) in [5, 5.41) is 9.99. The number of carbonyl (C=O) groups is 1. The standard InChI is InChI=1S/C16H13BrFNO2/c17-11-3-1-2-10(8-11)16(21)19-7-6-15(20)13-9-12(18)4-5-14(13)19/h1-5,8-9,15,20H,6-7H2. The van der Waals surface area contributed by atoms with E-state index in [1.807, 2.05) is 6.07 Å². The molecule has 21 heavy (non-hydrogen) atoms. The van der Waals surface area contributed by atoms with E-state index in [0.29, 0.717) is 29.8 Å². The molecule has 108 valence electrons. The fourth-order valence-corrected chi connectivity index (χ4v) is 2.95. The lowest BCUT2D eigenvalue weighted by Crippen LogP contribution is -2.36. The average molecular weight is 350 g/mol. The quantitative estimate of drug-likeness (QED) is 0.853. The maximum atomic E-state index is 13.4. The molecule has 1 unspecified atom stereocenters. The van der Waals surface area contributed by atoms with Crippen LogP contribution in [0.25, 0.3) is 0 Å². The molecule has 5 heteroatoms. The number of aliphatic hydroxyl groups excluding tert-OH is 1. The van der Waals surface area contributed by atoms with Crippen molar-refractivity contribution in [3.8, 4) is 0 Å². The van der Waals surface area contributed by atoms with E-state index in [2.05, 4.69) is 15.9 Å².